The van der Waals surface area contributed by atoms with Crippen LogP contribution >= 0.6 is 0 Å². The Labute approximate surface area is 212 Å². The molecule has 0 bridgehead atoms. The normalized spacial score (nSPS) is 12.2. The zero-order valence-corrected chi connectivity index (χ0v) is 22.1. The number of hydrogen-bond donors (Lipinski definition) is 1. The smallest absolute Gasteiger partial charge is 0.271 e. The molecular weight excluding hydrogens is 484 g/mol. The standard InChI is InChI=1S/C25H34N4O6S/c1-18(2)16-26-25(31)20(4)27(14-13-21-9-7-6-8-10-21)24(30)17-28(36(5,34)35)23-15-22(29(32)33)12-11-19(23)3/h6-12,15,18,20H,13-14,16-17H2,1-5H3,(H,26,31). The van der Waals surface area contributed by atoms with Gasteiger partial charge in [-0.2, -0.15) is 0 Å². The van der Waals surface area contributed by atoms with Crippen LogP contribution in [0.15, 0.2) is 48.5 Å². The first-order chi connectivity index (χ1) is 16.8. The molecule has 36 heavy (non-hydrogen) atoms. The highest BCUT2D eigenvalue weighted by molar-refractivity contribution is 7.92. The number of non-ortho nitro benzene ring substituents is 1. The fourth-order valence-electron chi connectivity index (χ4n) is 3.60. The molecule has 0 aliphatic rings. The first kappa shape index (κ1) is 28.8. The molecule has 196 valence electrons. The van der Waals surface area contributed by atoms with Crippen molar-refractivity contribution in [3.63, 3.8) is 0 Å². The van der Waals surface area contributed by atoms with Crippen molar-refractivity contribution >= 4 is 33.2 Å². The number of rotatable bonds is 12. The Hall–Kier alpha value is -3.47. The lowest BCUT2D eigenvalue weighted by Gasteiger charge is -2.32. The first-order valence-corrected chi connectivity index (χ1v) is 13.5. The van der Waals surface area contributed by atoms with Crippen LogP contribution in [0.2, 0.25) is 0 Å². The van der Waals surface area contributed by atoms with E-state index in [-0.39, 0.29) is 29.7 Å². The van der Waals surface area contributed by atoms with Gasteiger partial charge in [-0.05, 0) is 37.3 Å². The molecule has 1 atom stereocenters. The molecule has 2 aromatic carbocycles. The van der Waals surface area contributed by atoms with Crippen LogP contribution in [-0.2, 0) is 26.0 Å². The van der Waals surface area contributed by atoms with Gasteiger partial charge in [-0.3, -0.25) is 24.0 Å². The Morgan fingerprint density at radius 1 is 1.08 bits per heavy atom. The van der Waals surface area contributed by atoms with Gasteiger partial charge in [-0.1, -0.05) is 50.2 Å². The SMILES string of the molecule is Cc1ccc([N+](=O)[O-])cc1N(CC(=O)N(CCc1ccccc1)C(C)C(=O)NCC(C)C)S(C)(=O)=O. The Bertz CT molecular complexity index is 1180. The summed E-state index contributed by atoms with van der Waals surface area (Å²) in [6.07, 6.45) is 1.40. The van der Waals surface area contributed by atoms with Gasteiger partial charge in [0.25, 0.3) is 5.69 Å². The summed E-state index contributed by atoms with van der Waals surface area (Å²) in [5.41, 5.74) is 1.16. The lowest BCUT2D eigenvalue weighted by atomic mass is 10.1. The number of nitrogens with zero attached hydrogens (tertiary/aromatic N) is 3. The van der Waals surface area contributed by atoms with Gasteiger partial charge in [0.15, 0.2) is 0 Å². The number of sulfonamides is 1. The Morgan fingerprint density at radius 2 is 1.72 bits per heavy atom. The number of nitro groups is 1. The molecule has 10 nitrogen and oxygen atoms in total. The number of aryl methyl sites for hydroxylation is 1. The topological polar surface area (TPSA) is 130 Å². The van der Waals surface area contributed by atoms with E-state index >= 15 is 0 Å². The van der Waals surface area contributed by atoms with E-state index < -0.39 is 33.4 Å². The minimum Gasteiger partial charge on any atom is -0.354 e. The van der Waals surface area contributed by atoms with E-state index in [0.717, 1.165) is 22.2 Å². The summed E-state index contributed by atoms with van der Waals surface area (Å²) in [6, 6.07) is 12.4. The molecule has 1 unspecified atom stereocenters. The van der Waals surface area contributed by atoms with Gasteiger partial charge in [0, 0.05) is 25.2 Å². The van der Waals surface area contributed by atoms with Crippen LogP contribution in [-0.4, -0.2) is 62.0 Å². The highest BCUT2D eigenvalue weighted by atomic mass is 32.2. The number of benzene rings is 2. The molecule has 0 radical (unpaired) electrons. The van der Waals surface area contributed by atoms with E-state index in [1.165, 1.54) is 17.0 Å². The minimum atomic E-state index is -3.98. The highest BCUT2D eigenvalue weighted by Crippen LogP contribution is 2.27. The molecule has 2 rings (SSSR count). The number of anilines is 1. The number of nitrogens with one attached hydrogen (secondary N) is 1. The molecule has 0 fully saturated rings. The summed E-state index contributed by atoms with van der Waals surface area (Å²) in [4.78, 5) is 38.3. The van der Waals surface area contributed by atoms with Crippen molar-refractivity contribution in [1.29, 1.82) is 0 Å². The third kappa shape index (κ3) is 8.04. The summed E-state index contributed by atoms with van der Waals surface area (Å²) < 4.78 is 26.2. The summed E-state index contributed by atoms with van der Waals surface area (Å²) in [5.74, 6) is -0.718. The van der Waals surface area contributed by atoms with Gasteiger partial charge in [0.2, 0.25) is 21.8 Å². The minimum absolute atomic E-state index is 0.0416. The van der Waals surface area contributed by atoms with Gasteiger partial charge in [-0.25, -0.2) is 8.42 Å². The molecule has 0 heterocycles. The van der Waals surface area contributed by atoms with Crippen LogP contribution in [0.3, 0.4) is 0 Å². The van der Waals surface area contributed by atoms with Gasteiger partial charge >= 0.3 is 0 Å². The van der Waals surface area contributed by atoms with Crippen molar-refractivity contribution in [3.8, 4) is 0 Å². The zero-order valence-electron chi connectivity index (χ0n) is 21.3. The van der Waals surface area contributed by atoms with Crippen LogP contribution in [0.5, 0.6) is 0 Å². The fraction of sp³-hybridized carbons (Fsp3) is 0.440. The average Bonchev–Trinajstić information content (AvgIpc) is 2.81. The molecule has 0 spiro atoms. The van der Waals surface area contributed by atoms with E-state index in [1.54, 1.807) is 13.8 Å². The van der Waals surface area contributed by atoms with Gasteiger partial charge in [0.1, 0.15) is 12.6 Å². The van der Waals surface area contributed by atoms with Crippen LogP contribution in [0.1, 0.15) is 31.9 Å². The van der Waals surface area contributed by atoms with Crippen molar-refractivity contribution < 1.29 is 22.9 Å². The monoisotopic (exact) mass is 518 g/mol. The van der Waals surface area contributed by atoms with E-state index in [0.29, 0.717) is 18.5 Å². The third-order valence-corrected chi connectivity index (χ3v) is 6.81. The Balaban J connectivity index is 2.38. The van der Waals surface area contributed by atoms with Crippen molar-refractivity contribution in [3.05, 3.63) is 69.8 Å². The summed E-state index contributed by atoms with van der Waals surface area (Å²) in [5, 5.41) is 14.1. The molecule has 2 aromatic rings. The van der Waals surface area contributed by atoms with Crippen molar-refractivity contribution in [2.75, 3.05) is 30.2 Å². The van der Waals surface area contributed by atoms with Crippen LogP contribution in [0.25, 0.3) is 0 Å². The predicted molar refractivity (Wildman–Crippen MR) is 139 cm³/mol. The Kier molecular flexibility index (Phi) is 9.97. The lowest BCUT2D eigenvalue weighted by Crippen LogP contribution is -2.52. The second-order valence-corrected chi connectivity index (χ2v) is 11.0. The maximum absolute atomic E-state index is 13.5. The van der Waals surface area contributed by atoms with Crippen molar-refractivity contribution in [1.82, 2.24) is 10.2 Å². The van der Waals surface area contributed by atoms with Gasteiger partial charge < -0.3 is 10.2 Å². The van der Waals surface area contributed by atoms with Gasteiger partial charge in [-0.15, -0.1) is 0 Å². The quantitative estimate of drug-likeness (QED) is 0.340. The van der Waals surface area contributed by atoms with E-state index in [9.17, 15) is 28.1 Å². The number of amides is 2. The maximum Gasteiger partial charge on any atom is 0.271 e. The molecule has 0 aliphatic carbocycles. The highest BCUT2D eigenvalue weighted by Gasteiger charge is 2.31. The number of nitro benzene ring substituents is 1. The van der Waals surface area contributed by atoms with E-state index in [1.807, 2.05) is 44.2 Å². The molecule has 11 heteroatoms. The van der Waals surface area contributed by atoms with E-state index in [2.05, 4.69) is 5.32 Å². The largest absolute Gasteiger partial charge is 0.354 e. The maximum atomic E-state index is 13.5. The predicted octanol–water partition coefficient (Wildman–Crippen LogP) is 2.90. The first-order valence-electron chi connectivity index (χ1n) is 11.6. The molecule has 0 saturated heterocycles. The van der Waals surface area contributed by atoms with E-state index in [4.69, 9.17) is 0 Å². The summed E-state index contributed by atoms with van der Waals surface area (Å²) in [7, 11) is -3.98. The molecule has 1 N–H and O–H groups in total. The lowest BCUT2D eigenvalue weighted by molar-refractivity contribution is -0.384. The fourth-order valence-corrected chi connectivity index (χ4v) is 4.50. The summed E-state index contributed by atoms with van der Waals surface area (Å²) >= 11 is 0. The second-order valence-electron chi connectivity index (χ2n) is 9.14. The number of carbonyl (C=O) groups excluding carboxylic acids is 2. The van der Waals surface area contributed by atoms with Crippen LogP contribution in [0.4, 0.5) is 11.4 Å². The van der Waals surface area contributed by atoms with Crippen molar-refractivity contribution in [2.24, 2.45) is 5.92 Å². The summed E-state index contributed by atoms with van der Waals surface area (Å²) in [6.45, 7) is 7.14. The molecule has 0 saturated carbocycles. The molecule has 0 aromatic heterocycles. The molecular formula is C25H34N4O6S. The van der Waals surface area contributed by atoms with Crippen LogP contribution in [0, 0.1) is 23.0 Å². The van der Waals surface area contributed by atoms with Gasteiger partial charge in [0.05, 0.1) is 16.9 Å². The molecule has 0 aliphatic heterocycles. The number of carbonyl (C=O) groups is 2. The number of hydrogen-bond acceptors (Lipinski definition) is 6. The second kappa shape index (κ2) is 12.5. The van der Waals surface area contributed by atoms with Crippen LogP contribution < -0.4 is 9.62 Å². The molecule has 2 amide bonds. The average molecular weight is 519 g/mol. The zero-order chi connectivity index (χ0) is 27.0. The Morgan fingerprint density at radius 3 is 2.28 bits per heavy atom. The van der Waals surface area contributed by atoms with Crippen molar-refractivity contribution in [2.45, 2.75) is 40.2 Å². The third-order valence-electron chi connectivity index (χ3n) is 5.69.